The van der Waals surface area contributed by atoms with E-state index in [9.17, 15) is 13.2 Å². The summed E-state index contributed by atoms with van der Waals surface area (Å²) < 4.78 is 49.5. The Kier molecular flexibility index (Phi) is 9.74. The van der Waals surface area contributed by atoms with Crippen molar-refractivity contribution in [3.05, 3.63) is 24.3 Å². The van der Waals surface area contributed by atoms with E-state index in [-0.39, 0.29) is 12.0 Å². The molecule has 0 amide bonds. The van der Waals surface area contributed by atoms with Crippen LogP contribution in [0.25, 0.3) is 0 Å². The molecule has 1 aliphatic heterocycles. The molecule has 2 atom stereocenters. The predicted molar refractivity (Wildman–Crippen MR) is 117 cm³/mol. The number of methoxy groups -OCH3 is 1. The zero-order valence-electron chi connectivity index (χ0n) is 18.9. The number of benzene rings is 1. The third kappa shape index (κ3) is 8.47. The zero-order valence-corrected chi connectivity index (χ0v) is 18.9. The molecular formula is C22H35F3N4O2. The maximum absolute atomic E-state index is 12.8. The lowest BCUT2D eigenvalue weighted by Gasteiger charge is -2.26. The molecule has 1 aromatic rings. The first-order valence-corrected chi connectivity index (χ1v) is 10.9. The Hall–Kier alpha value is -2.16. The van der Waals surface area contributed by atoms with E-state index >= 15 is 0 Å². The molecule has 31 heavy (non-hydrogen) atoms. The van der Waals surface area contributed by atoms with Crippen LogP contribution < -0.4 is 14.8 Å². The number of guanidine groups is 1. The van der Waals surface area contributed by atoms with E-state index in [0.717, 1.165) is 25.5 Å². The van der Waals surface area contributed by atoms with Crippen LogP contribution >= 0.6 is 0 Å². The van der Waals surface area contributed by atoms with Crippen LogP contribution in [-0.4, -0.2) is 81.0 Å². The number of nitrogens with zero attached hydrogens (tertiary/aromatic N) is 3. The Bertz CT molecular complexity index is 700. The summed E-state index contributed by atoms with van der Waals surface area (Å²) >= 11 is 0. The van der Waals surface area contributed by atoms with Gasteiger partial charge >= 0.3 is 6.18 Å². The van der Waals surface area contributed by atoms with Crippen LogP contribution in [0.1, 0.15) is 27.2 Å². The van der Waals surface area contributed by atoms with Crippen molar-refractivity contribution >= 4 is 5.96 Å². The number of aliphatic imine (C=N–C) groups is 1. The van der Waals surface area contributed by atoms with Crippen molar-refractivity contribution in [2.75, 3.05) is 52.9 Å². The van der Waals surface area contributed by atoms with Gasteiger partial charge in [0.15, 0.2) is 17.5 Å². The van der Waals surface area contributed by atoms with Gasteiger partial charge in [-0.2, -0.15) is 13.2 Å². The molecule has 1 N–H and O–H groups in total. The van der Waals surface area contributed by atoms with Gasteiger partial charge < -0.3 is 19.7 Å². The van der Waals surface area contributed by atoms with E-state index in [2.05, 4.69) is 10.2 Å². The summed E-state index contributed by atoms with van der Waals surface area (Å²) in [6, 6.07) is 7.48. The third-order valence-electron chi connectivity index (χ3n) is 5.18. The SMILES string of the molecule is CCNC(=NCC(C)Oc1ccccc1OC)N1CCC(CN(CC)CC(F)(F)F)C1. The highest BCUT2D eigenvalue weighted by Crippen LogP contribution is 2.27. The maximum atomic E-state index is 12.8. The van der Waals surface area contributed by atoms with Gasteiger partial charge in [-0.1, -0.05) is 19.1 Å². The Morgan fingerprint density at radius 1 is 1.29 bits per heavy atom. The quantitative estimate of drug-likeness (QED) is 0.441. The van der Waals surface area contributed by atoms with Gasteiger partial charge in [-0.3, -0.25) is 4.90 Å². The Labute approximate surface area is 183 Å². The smallest absolute Gasteiger partial charge is 0.401 e. The van der Waals surface area contributed by atoms with Crippen LogP contribution in [0.4, 0.5) is 13.2 Å². The molecule has 1 saturated heterocycles. The number of likely N-dealkylation sites (tertiary alicyclic amines) is 1. The highest BCUT2D eigenvalue weighted by molar-refractivity contribution is 5.80. The van der Waals surface area contributed by atoms with Crippen molar-refractivity contribution in [1.82, 2.24) is 15.1 Å². The number of alkyl halides is 3. The van der Waals surface area contributed by atoms with E-state index in [1.807, 2.05) is 38.1 Å². The first kappa shape index (κ1) is 25.1. The van der Waals surface area contributed by atoms with Crippen LogP contribution in [0, 0.1) is 5.92 Å². The highest BCUT2D eigenvalue weighted by Gasteiger charge is 2.33. The summed E-state index contributed by atoms with van der Waals surface area (Å²) in [5, 5.41) is 3.29. The van der Waals surface area contributed by atoms with Gasteiger partial charge in [0.1, 0.15) is 6.10 Å². The second-order valence-electron chi connectivity index (χ2n) is 7.82. The molecule has 0 radical (unpaired) electrons. The molecule has 1 heterocycles. The van der Waals surface area contributed by atoms with Gasteiger partial charge in [0.05, 0.1) is 20.2 Å². The van der Waals surface area contributed by atoms with Gasteiger partial charge in [0.25, 0.3) is 0 Å². The molecule has 0 aromatic heterocycles. The first-order valence-electron chi connectivity index (χ1n) is 10.9. The van der Waals surface area contributed by atoms with Crippen molar-refractivity contribution in [1.29, 1.82) is 0 Å². The minimum absolute atomic E-state index is 0.161. The van der Waals surface area contributed by atoms with Crippen LogP contribution in [0.5, 0.6) is 11.5 Å². The molecule has 6 nitrogen and oxygen atoms in total. The average Bonchev–Trinajstić information content (AvgIpc) is 3.18. The molecule has 1 fully saturated rings. The van der Waals surface area contributed by atoms with E-state index < -0.39 is 12.7 Å². The molecule has 0 saturated carbocycles. The number of ether oxygens (including phenoxy) is 2. The number of nitrogens with one attached hydrogen (secondary N) is 1. The van der Waals surface area contributed by atoms with Crippen LogP contribution in [0.3, 0.4) is 0 Å². The van der Waals surface area contributed by atoms with Gasteiger partial charge in [-0.25, -0.2) is 4.99 Å². The van der Waals surface area contributed by atoms with E-state index in [0.29, 0.717) is 37.7 Å². The predicted octanol–water partition coefficient (Wildman–Crippen LogP) is 3.63. The molecule has 2 unspecified atom stereocenters. The molecular weight excluding hydrogens is 409 g/mol. The second kappa shape index (κ2) is 12.0. The van der Waals surface area contributed by atoms with E-state index in [1.165, 1.54) is 4.90 Å². The summed E-state index contributed by atoms with van der Waals surface area (Å²) in [7, 11) is 1.60. The normalized spacial score (nSPS) is 18.4. The summed E-state index contributed by atoms with van der Waals surface area (Å²) in [6.45, 7) is 8.35. The van der Waals surface area contributed by atoms with Crippen LogP contribution in [-0.2, 0) is 0 Å². The van der Waals surface area contributed by atoms with Crippen molar-refractivity contribution in [3.8, 4) is 11.5 Å². The number of para-hydroxylation sites is 2. The summed E-state index contributed by atoms with van der Waals surface area (Å²) in [4.78, 5) is 8.32. The zero-order chi connectivity index (χ0) is 22.9. The fourth-order valence-corrected chi connectivity index (χ4v) is 3.71. The van der Waals surface area contributed by atoms with Gasteiger partial charge in [-0.05, 0) is 44.9 Å². The second-order valence-corrected chi connectivity index (χ2v) is 7.82. The Balaban J connectivity index is 1.93. The van der Waals surface area contributed by atoms with E-state index in [1.54, 1.807) is 14.0 Å². The van der Waals surface area contributed by atoms with Gasteiger partial charge in [0, 0.05) is 26.2 Å². The lowest BCUT2D eigenvalue weighted by atomic mass is 10.1. The van der Waals surface area contributed by atoms with Crippen molar-refractivity contribution in [3.63, 3.8) is 0 Å². The lowest BCUT2D eigenvalue weighted by molar-refractivity contribution is -0.146. The topological polar surface area (TPSA) is 49.3 Å². The maximum Gasteiger partial charge on any atom is 0.401 e. The number of hydrogen-bond donors (Lipinski definition) is 1. The molecule has 0 bridgehead atoms. The molecule has 1 aliphatic rings. The third-order valence-corrected chi connectivity index (χ3v) is 5.18. The monoisotopic (exact) mass is 444 g/mol. The molecule has 1 aromatic carbocycles. The first-order chi connectivity index (χ1) is 14.8. The van der Waals surface area contributed by atoms with Crippen molar-refractivity contribution < 1.29 is 22.6 Å². The molecule has 9 heteroatoms. The number of rotatable bonds is 10. The highest BCUT2D eigenvalue weighted by atomic mass is 19.4. The summed E-state index contributed by atoms with van der Waals surface area (Å²) in [6.07, 6.45) is -3.47. The number of hydrogen-bond acceptors (Lipinski definition) is 4. The van der Waals surface area contributed by atoms with Gasteiger partial charge in [0.2, 0.25) is 0 Å². The Morgan fingerprint density at radius 2 is 2.00 bits per heavy atom. The standard InChI is InChI=1S/C22H35F3N4O2/c1-5-26-21(27-13-17(3)31-20-10-8-7-9-19(20)30-4)29-12-11-18(15-29)14-28(6-2)16-22(23,24)25/h7-10,17-18H,5-6,11-16H2,1-4H3,(H,26,27). The van der Waals surface area contributed by atoms with Crippen LogP contribution in [0.2, 0.25) is 0 Å². The van der Waals surface area contributed by atoms with Crippen LogP contribution in [0.15, 0.2) is 29.3 Å². The lowest BCUT2D eigenvalue weighted by Crippen LogP contribution is -2.42. The summed E-state index contributed by atoms with van der Waals surface area (Å²) in [5.74, 6) is 2.31. The molecule has 0 aliphatic carbocycles. The van der Waals surface area contributed by atoms with Crippen molar-refractivity contribution in [2.24, 2.45) is 10.9 Å². The summed E-state index contributed by atoms with van der Waals surface area (Å²) in [5.41, 5.74) is 0. The van der Waals surface area contributed by atoms with E-state index in [4.69, 9.17) is 14.5 Å². The van der Waals surface area contributed by atoms with Gasteiger partial charge in [-0.15, -0.1) is 0 Å². The van der Waals surface area contributed by atoms with Crippen molar-refractivity contribution in [2.45, 2.75) is 39.5 Å². The molecule has 176 valence electrons. The minimum atomic E-state index is -4.16. The Morgan fingerprint density at radius 3 is 2.61 bits per heavy atom. The fourth-order valence-electron chi connectivity index (χ4n) is 3.71. The number of halogens is 3. The largest absolute Gasteiger partial charge is 0.493 e. The average molecular weight is 445 g/mol. The molecule has 0 spiro atoms. The molecule has 2 rings (SSSR count). The minimum Gasteiger partial charge on any atom is -0.493 e. The fraction of sp³-hybridized carbons (Fsp3) is 0.682.